The largest absolute Gasteiger partial charge is 0.391 e. The number of amides is 2. The molecule has 11 nitrogen and oxygen atoms in total. The van der Waals surface area contributed by atoms with Gasteiger partial charge >= 0.3 is 0 Å². The Morgan fingerprint density at radius 2 is 1.74 bits per heavy atom. The van der Waals surface area contributed by atoms with Gasteiger partial charge in [0.15, 0.2) is 0 Å². The normalized spacial score (nSPS) is 16.0. The molecular formula is C22H27ClN6O5S. The van der Waals surface area contributed by atoms with E-state index in [0.29, 0.717) is 24.4 Å². The van der Waals surface area contributed by atoms with Crippen LogP contribution < -0.4 is 21.5 Å². The number of oxime groups is 1. The number of nitrogens with two attached hydrogens (primary N) is 2. The van der Waals surface area contributed by atoms with Crippen LogP contribution in [-0.2, 0) is 24.4 Å². The van der Waals surface area contributed by atoms with Crippen LogP contribution in [0.3, 0.4) is 0 Å². The van der Waals surface area contributed by atoms with Crippen molar-refractivity contribution in [1.29, 1.82) is 0 Å². The first kappa shape index (κ1) is 26.3. The maximum Gasteiger partial charge on any atom is 0.241 e. The lowest BCUT2D eigenvalue weighted by Crippen LogP contribution is -2.54. The molecule has 188 valence electrons. The molecule has 2 amide bonds. The Bertz CT molecular complexity index is 1170. The van der Waals surface area contributed by atoms with Crippen molar-refractivity contribution in [2.75, 3.05) is 26.2 Å². The van der Waals surface area contributed by atoms with Crippen molar-refractivity contribution in [3.05, 3.63) is 53.6 Å². The number of sulfonamides is 1. The Morgan fingerprint density at radius 3 is 2.37 bits per heavy atom. The maximum absolute atomic E-state index is 12.9. The first-order chi connectivity index (χ1) is 16.7. The zero-order chi connectivity index (χ0) is 25.4. The number of carbonyl (C=O) groups is 2. The Morgan fingerprint density at radius 1 is 1.11 bits per heavy atom. The molecule has 1 aliphatic rings. The maximum atomic E-state index is 12.9. The van der Waals surface area contributed by atoms with E-state index in [-0.39, 0.29) is 30.6 Å². The summed E-state index contributed by atoms with van der Waals surface area (Å²) in [5, 5.41) is 6.52. The third kappa shape index (κ3) is 7.57. The van der Waals surface area contributed by atoms with Crippen LogP contribution in [0.4, 0.5) is 0 Å². The molecule has 35 heavy (non-hydrogen) atoms. The number of carbonyl (C=O) groups excluding carboxylic acids is 2. The average Bonchev–Trinajstić information content (AvgIpc) is 2.82. The summed E-state index contributed by atoms with van der Waals surface area (Å²) in [6.45, 7) is 0.344. The number of halogens is 1. The van der Waals surface area contributed by atoms with E-state index >= 15 is 0 Å². The fourth-order valence-electron chi connectivity index (χ4n) is 3.52. The molecule has 0 bridgehead atoms. The molecule has 1 atom stereocenters. The molecule has 0 spiro atoms. The third-order valence-corrected chi connectivity index (χ3v) is 6.93. The van der Waals surface area contributed by atoms with E-state index < -0.39 is 27.9 Å². The molecule has 2 aromatic rings. The third-order valence-electron chi connectivity index (χ3n) is 5.19. The molecule has 1 heterocycles. The summed E-state index contributed by atoms with van der Waals surface area (Å²) in [5.41, 5.74) is 12.0. The molecule has 6 N–H and O–H groups in total. The van der Waals surface area contributed by atoms with Crippen molar-refractivity contribution in [3.8, 4) is 11.1 Å². The lowest BCUT2D eigenvalue weighted by molar-refractivity contribution is -0.139. The predicted molar refractivity (Wildman–Crippen MR) is 132 cm³/mol. The molecule has 1 aliphatic heterocycles. The molecule has 3 rings (SSSR count). The summed E-state index contributed by atoms with van der Waals surface area (Å²) in [4.78, 5) is 31.1. The van der Waals surface area contributed by atoms with E-state index in [2.05, 4.69) is 15.2 Å². The molecule has 0 saturated carbocycles. The Hall–Kier alpha value is -3.35. The molecule has 0 aliphatic carbocycles. The van der Waals surface area contributed by atoms with Crippen LogP contribution in [-0.4, -0.2) is 63.4 Å². The zero-order valence-corrected chi connectivity index (χ0v) is 20.4. The summed E-state index contributed by atoms with van der Waals surface area (Å²) < 4.78 is 28.3. The predicted octanol–water partition coefficient (Wildman–Crippen LogP) is 0.598. The Kier molecular flexibility index (Phi) is 8.90. The second-order valence-corrected chi connectivity index (χ2v) is 9.96. The minimum Gasteiger partial charge on any atom is -0.391 e. The molecule has 13 heteroatoms. The quantitative estimate of drug-likeness (QED) is 0.153. The zero-order valence-electron chi connectivity index (χ0n) is 18.8. The Labute approximate surface area is 208 Å². The summed E-state index contributed by atoms with van der Waals surface area (Å²) in [6.07, 6.45) is 0.890. The second-order valence-electron chi connectivity index (χ2n) is 7.81. The topological polar surface area (TPSA) is 169 Å². The van der Waals surface area contributed by atoms with Crippen molar-refractivity contribution in [3.63, 3.8) is 0 Å². The molecule has 1 unspecified atom stereocenters. The number of likely N-dealkylation sites (tertiary alicyclic amines) is 1. The summed E-state index contributed by atoms with van der Waals surface area (Å²) in [6, 6.07) is 12.6. The summed E-state index contributed by atoms with van der Waals surface area (Å²) >= 11 is 5.91. The van der Waals surface area contributed by atoms with Gasteiger partial charge in [-0.1, -0.05) is 35.9 Å². The van der Waals surface area contributed by atoms with Gasteiger partial charge < -0.3 is 26.5 Å². The minimum atomic E-state index is -3.95. The first-order valence-corrected chi connectivity index (χ1v) is 12.7. The van der Waals surface area contributed by atoms with Gasteiger partial charge in [-0.15, -0.1) is 0 Å². The van der Waals surface area contributed by atoms with Crippen molar-refractivity contribution in [2.24, 2.45) is 16.6 Å². The highest BCUT2D eigenvalue weighted by Crippen LogP contribution is 2.23. The fourth-order valence-corrected chi connectivity index (χ4v) is 4.87. The van der Waals surface area contributed by atoms with Crippen LogP contribution in [0.5, 0.6) is 0 Å². The van der Waals surface area contributed by atoms with E-state index in [9.17, 15) is 18.0 Å². The van der Waals surface area contributed by atoms with Crippen LogP contribution >= 0.6 is 11.6 Å². The van der Waals surface area contributed by atoms with Crippen molar-refractivity contribution < 1.29 is 22.8 Å². The first-order valence-electron chi connectivity index (χ1n) is 10.8. The molecular weight excluding hydrogens is 496 g/mol. The number of piperidine rings is 1. The van der Waals surface area contributed by atoms with Gasteiger partial charge in [-0.2, -0.15) is 4.72 Å². The van der Waals surface area contributed by atoms with Gasteiger partial charge in [-0.25, -0.2) is 8.42 Å². The molecule has 2 aromatic carbocycles. The van der Waals surface area contributed by atoms with Crippen LogP contribution in [0.25, 0.3) is 11.1 Å². The number of benzene rings is 2. The summed E-state index contributed by atoms with van der Waals surface area (Å²) in [5.74, 6) is -1.10. The van der Waals surface area contributed by atoms with Crippen molar-refractivity contribution in [2.45, 2.75) is 23.8 Å². The van der Waals surface area contributed by atoms with E-state index in [1.807, 2.05) is 12.1 Å². The van der Waals surface area contributed by atoms with Gasteiger partial charge in [0.25, 0.3) is 0 Å². The van der Waals surface area contributed by atoms with Gasteiger partial charge in [0.1, 0.15) is 12.6 Å². The highest BCUT2D eigenvalue weighted by atomic mass is 35.5. The van der Waals surface area contributed by atoms with E-state index in [4.69, 9.17) is 27.9 Å². The number of guanidine groups is 1. The standard InChI is InChI=1S/C22H27ClN6O5S/c23-17-7-3-15(4-8-17)16-5-9-18(10-6-16)35(32,33)28-19-2-1-12-29(21(19)31)14-20(30)26-11-13-34-27-22(24)25/h3-10,19,28H,1-2,11-14H2,(H,26,30)(H4,24,25,27). The van der Waals surface area contributed by atoms with Crippen molar-refractivity contribution in [1.82, 2.24) is 14.9 Å². The lowest BCUT2D eigenvalue weighted by Gasteiger charge is -2.32. The molecule has 0 aromatic heterocycles. The fraction of sp³-hybridized carbons (Fsp3) is 0.318. The molecule has 1 saturated heterocycles. The number of hydrogen-bond donors (Lipinski definition) is 4. The van der Waals surface area contributed by atoms with Crippen LogP contribution in [0.2, 0.25) is 5.02 Å². The second kappa shape index (κ2) is 11.9. The highest BCUT2D eigenvalue weighted by molar-refractivity contribution is 7.89. The van der Waals surface area contributed by atoms with Crippen molar-refractivity contribution >= 4 is 39.4 Å². The van der Waals surface area contributed by atoms with Gasteiger partial charge in [0.2, 0.25) is 27.8 Å². The van der Waals surface area contributed by atoms with Crippen LogP contribution in [0.15, 0.2) is 58.6 Å². The molecule has 0 radical (unpaired) electrons. The number of rotatable bonds is 10. The van der Waals surface area contributed by atoms with Crippen LogP contribution in [0.1, 0.15) is 12.8 Å². The highest BCUT2D eigenvalue weighted by Gasteiger charge is 2.33. The van der Waals surface area contributed by atoms with E-state index in [0.717, 1.165) is 11.1 Å². The minimum absolute atomic E-state index is 0.0404. The Balaban J connectivity index is 1.56. The van der Waals surface area contributed by atoms with Gasteiger partial charge in [0.05, 0.1) is 18.0 Å². The molecule has 1 fully saturated rings. The average molecular weight is 523 g/mol. The van der Waals surface area contributed by atoms with E-state index in [1.54, 1.807) is 24.3 Å². The monoisotopic (exact) mass is 522 g/mol. The SMILES string of the molecule is NC(N)=NOCCNC(=O)CN1CCCC(NS(=O)(=O)c2ccc(-c3ccc(Cl)cc3)cc2)C1=O. The number of hydrogen-bond acceptors (Lipinski definition) is 6. The van der Waals surface area contributed by atoms with E-state index in [1.165, 1.54) is 17.0 Å². The lowest BCUT2D eigenvalue weighted by atomic mass is 10.1. The summed E-state index contributed by atoms with van der Waals surface area (Å²) in [7, 11) is -3.95. The smallest absolute Gasteiger partial charge is 0.241 e. The van der Waals surface area contributed by atoms with Crippen LogP contribution in [0, 0.1) is 0 Å². The van der Waals surface area contributed by atoms with Gasteiger partial charge in [-0.3, -0.25) is 9.59 Å². The van der Waals surface area contributed by atoms with Gasteiger partial charge in [-0.05, 0) is 53.4 Å². The number of nitrogens with one attached hydrogen (secondary N) is 2. The number of nitrogens with zero attached hydrogens (tertiary/aromatic N) is 2. The van der Waals surface area contributed by atoms with Gasteiger partial charge in [0, 0.05) is 11.6 Å².